The van der Waals surface area contributed by atoms with Gasteiger partial charge < -0.3 is 4.74 Å². The van der Waals surface area contributed by atoms with Crippen LogP contribution in [0.4, 0.5) is 0 Å². The lowest BCUT2D eigenvalue weighted by molar-refractivity contribution is -0.319. The van der Waals surface area contributed by atoms with E-state index in [-0.39, 0.29) is 12.8 Å². The van der Waals surface area contributed by atoms with E-state index >= 15 is 0 Å². The van der Waals surface area contributed by atoms with Crippen LogP contribution in [-0.2, 0) is 24.2 Å². The van der Waals surface area contributed by atoms with Gasteiger partial charge in [-0.2, -0.15) is 0 Å². The fourth-order valence-electron chi connectivity index (χ4n) is 2.24. The fraction of sp³-hybridized carbons (Fsp3) is 0.917. The molecule has 20 heavy (non-hydrogen) atoms. The van der Waals surface area contributed by atoms with E-state index in [2.05, 4.69) is 19.4 Å². The second-order valence-electron chi connectivity index (χ2n) is 4.88. The van der Waals surface area contributed by atoms with Gasteiger partial charge in [-0.15, -0.1) is 0 Å². The van der Waals surface area contributed by atoms with Crippen molar-refractivity contribution in [3.63, 3.8) is 0 Å². The minimum atomic E-state index is -0.692. The summed E-state index contributed by atoms with van der Waals surface area (Å²) < 4.78 is 4.61. The van der Waals surface area contributed by atoms with Crippen LogP contribution >= 0.6 is 0 Å². The number of rotatable bonds is 10. The monoisotopic (exact) mass is 296 g/mol. The Hall–Kier alpha value is -0.770. The van der Waals surface area contributed by atoms with Gasteiger partial charge in [-0.05, 0) is 33.1 Å². The van der Waals surface area contributed by atoms with Crippen molar-refractivity contribution in [1.29, 1.82) is 0 Å². The summed E-state index contributed by atoms with van der Waals surface area (Å²) >= 11 is 0. The van der Waals surface area contributed by atoms with Gasteiger partial charge in [0.05, 0.1) is 31.8 Å². The Balaban J connectivity index is 5.10. The van der Waals surface area contributed by atoms with Gasteiger partial charge in [0.2, 0.25) is 0 Å². The first-order valence-electron chi connectivity index (χ1n) is 6.38. The van der Waals surface area contributed by atoms with Gasteiger partial charge in [-0.1, -0.05) is 0 Å². The molecule has 0 aliphatic carbocycles. The highest BCUT2D eigenvalue weighted by Crippen LogP contribution is 2.31. The van der Waals surface area contributed by atoms with E-state index in [1.165, 1.54) is 7.11 Å². The van der Waals surface area contributed by atoms with Crippen LogP contribution in [0, 0.1) is 11.8 Å². The highest BCUT2D eigenvalue weighted by molar-refractivity contribution is 5.69. The molecule has 3 N–H and O–H groups in total. The molecule has 0 aliphatic heterocycles. The second-order valence-corrected chi connectivity index (χ2v) is 4.88. The standard InChI is InChI=1S/C12H24O8/c1-7(18-14)5-10(8(2)19-15)11(9(3)20-16)6-12(13)17-4/h7-11,14-16H,5-6H2,1-4H3. The van der Waals surface area contributed by atoms with Gasteiger partial charge in [0, 0.05) is 5.92 Å². The summed E-state index contributed by atoms with van der Waals surface area (Å²) in [6, 6.07) is 0. The molecule has 0 amide bonds. The zero-order valence-electron chi connectivity index (χ0n) is 12.2. The van der Waals surface area contributed by atoms with Crippen molar-refractivity contribution >= 4 is 5.97 Å². The molecule has 8 heteroatoms. The number of hydrogen-bond donors (Lipinski definition) is 3. The molecule has 0 heterocycles. The molecule has 5 unspecified atom stereocenters. The third kappa shape index (κ3) is 6.12. The zero-order chi connectivity index (χ0) is 15.7. The highest BCUT2D eigenvalue weighted by atomic mass is 17.1. The largest absolute Gasteiger partial charge is 0.469 e. The minimum Gasteiger partial charge on any atom is -0.469 e. The van der Waals surface area contributed by atoms with Crippen molar-refractivity contribution in [2.75, 3.05) is 7.11 Å². The molecule has 0 fully saturated rings. The Labute approximate surface area is 118 Å². The van der Waals surface area contributed by atoms with E-state index in [1.54, 1.807) is 20.8 Å². The molecule has 0 radical (unpaired) electrons. The van der Waals surface area contributed by atoms with Crippen LogP contribution in [-0.4, -0.2) is 47.2 Å². The van der Waals surface area contributed by atoms with E-state index in [0.29, 0.717) is 0 Å². The Morgan fingerprint density at radius 2 is 1.45 bits per heavy atom. The quantitative estimate of drug-likeness (QED) is 0.317. The summed E-state index contributed by atoms with van der Waals surface area (Å²) in [6.07, 6.45) is -1.63. The maximum Gasteiger partial charge on any atom is 0.305 e. The minimum absolute atomic E-state index is 0.0330. The van der Waals surface area contributed by atoms with Crippen molar-refractivity contribution in [1.82, 2.24) is 0 Å². The summed E-state index contributed by atoms with van der Waals surface area (Å²) in [7, 11) is 1.25. The number of ether oxygens (including phenoxy) is 1. The van der Waals surface area contributed by atoms with E-state index in [4.69, 9.17) is 15.8 Å². The van der Waals surface area contributed by atoms with Gasteiger partial charge >= 0.3 is 5.97 Å². The zero-order valence-corrected chi connectivity index (χ0v) is 12.2. The molecule has 120 valence electrons. The summed E-state index contributed by atoms with van der Waals surface area (Å²) in [5, 5.41) is 26.4. The third-order valence-electron chi connectivity index (χ3n) is 3.50. The SMILES string of the molecule is COC(=O)CC(C(C)OO)C(CC(C)OO)C(C)OO. The normalized spacial score (nSPS) is 18.9. The maximum absolute atomic E-state index is 11.5. The number of methoxy groups -OCH3 is 1. The van der Waals surface area contributed by atoms with Gasteiger partial charge in [-0.3, -0.25) is 20.6 Å². The van der Waals surface area contributed by atoms with Crippen LogP contribution in [0.25, 0.3) is 0 Å². The molecular weight excluding hydrogens is 272 g/mol. The Kier molecular flexibility index (Phi) is 9.64. The summed E-state index contributed by atoms with van der Waals surface area (Å²) in [5.41, 5.74) is 0. The number of carbonyl (C=O) groups excluding carboxylic acids is 1. The molecule has 0 aromatic heterocycles. The number of esters is 1. The van der Waals surface area contributed by atoms with Gasteiger partial charge in [0.15, 0.2) is 0 Å². The lowest BCUT2D eigenvalue weighted by atomic mass is 9.79. The molecule has 0 saturated heterocycles. The van der Waals surface area contributed by atoms with Gasteiger partial charge in [0.25, 0.3) is 0 Å². The number of hydrogen-bond acceptors (Lipinski definition) is 8. The maximum atomic E-state index is 11.5. The summed E-state index contributed by atoms with van der Waals surface area (Å²) in [5.74, 6) is -1.39. The second kappa shape index (κ2) is 10.0. The Morgan fingerprint density at radius 3 is 1.85 bits per heavy atom. The van der Waals surface area contributed by atoms with Crippen LogP contribution in [0.2, 0.25) is 0 Å². The van der Waals surface area contributed by atoms with Crippen LogP contribution in [0.5, 0.6) is 0 Å². The topological polar surface area (TPSA) is 115 Å². The van der Waals surface area contributed by atoms with Crippen molar-refractivity contribution in [3.05, 3.63) is 0 Å². The molecule has 8 nitrogen and oxygen atoms in total. The highest BCUT2D eigenvalue weighted by Gasteiger charge is 2.36. The van der Waals surface area contributed by atoms with E-state index < -0.39 is 36.1 Å². The first-order valence-corrected chi connectivity index (χ1v) is 6.38. The lowest BCUT2D eigenvalue weighted by Gasteiger charge is -2.33. The first kappa shape index (κ1) is 19.2. The van der Waals surface area contributed by atoms with Crippen LogP contribution < -0.4 is 0 Å². The van der Waals surface area contributed by atoms with E-state index in [0.717, 1.165) is 0 Å². The summed E-state index contributed by atoms with van der Waals surface area (Å²) in [4.78, 5) is 24.3. The predicted octanol–water partition coefficient (Wildman–Crippen LogP) is 1.81. The Morgan fingerprint density at radius 1 is 0.950 bits per heavy atom. The molecule has 0 spiro atoms. The van der Waals surface area contributed by atoms with Gasteiger partial charge in [-0.25, -0.2) is 14.7 Å². The van der Waals surface area contributed by atoms with Crippen LogP contribution in [0.1, 0.15) is 33.6 Å². The van der Waals surface area contributed by atoms with Crippen molar-refractivity contribution < 1.29 is 40.0 Å². The van der Waals surface area contributed by atoms with E-state index in [1.807, 2.05) is 0 Å². The molecule has 0 saturated carbocycles. The van der Waals surface area contributed by atoms with Crippen molar-refractivity contribution in [3.8, 4) is 0 Å². The molecule has 0 aliphatic rings. The van der Waals surface area contributed by atoms with Gasteiger partial charge in [0.1, 0.15) is 0 Å². The molecule has 0 rings (SSSR count). The average molecular weight is 296 g/mol. The third-order valence-corrected chi connectivity index (χ3v) is 3.50. The first-order chi connectivity index (χ1) is 9.40. The molecular formula is C12H24O8. The number of carbonyl (C=O) groups is 1. The summed E-state index contributed by atoms with van der Waals surface area (Å²) in [6.45, 7) is 4.80. The van der Waals surface area contributed by atoms with Crippen LogP contribution in [0.15, 0.2) is 0 Å². The van der Waals surface area contributed by atoms with Crippen LogP contribution in [0.3, 0.4) is 0 Å². The van der Waals surface area contributed by atoms with Crippen molar-refractivity contribution in [2.24, 2.45) is 11.8 Å². The van der Waals surface area contributed by atoms with Crippen molar-refractivity contribution in [2.45, 2.75) is 51.9 Å². The molecule has 0 bridgehead atoms. The Bertz CT molecular complexity index is 272. The fourth-order valence-corrected chi connectivity index (χ4v) is 2.24. The molecule has 0 aromatic carbocycles. The van der Waals surface area contributed by atoms with E-state index in [9.17, 15) is 4.79 Å². The molecule has 0 aromatic rings. The average Bonchev–Trinajstić information content (AvgIpc) is 2.48. The molecule has 5 atom stereocenters. The predicted molar refractivity (Wildman–Crippen MR) is 67.8 cm³/mol. The lowest BCUT2D eigenvalue weighted by Crippen LogP contribution is -2.38. The smallest absolute Gasteiger partial charge is 0.305 e.